The van der Waals surface area contributed by atoms with Crippen LogP contribution >= 0.6 is 34.8 Å². The molecule has 2 amide bonds. The van der Waals surface area contributed by atoms with Gasteiger partial charge in [-0.05, 0) is 37.3 Å². The number of hydrogen-bond acceptors (Lipinski definition) is 2. The molecule has 1 aromatic rings. The fourth-order valence-corrected chi connectivity index (χ4v) is 4.81. The van der Waals surface area contributed by atoms with Crippen molar-refractivity contribution in [1.82, 2.24) is 0 Å². The number of nitrogens with zero attached hydrogens (tertiary/aromatic N) is 1. The smallest absolute Gasteiger partial charge is 0.241 e. The zero-order valence-corrected chi connectivity index (χ0v) is 13.9. The summed E-state index contributed by atoms with van der Waals surface area (Å²) in [5.41, 5.74) is -0.265. The number of amides is 2. The number of imide groups is 1. The lowest BCUT2D eigenvalue weighted by atomic mass is 9.71. The van der Waals surface area contributed by atoms with E-state index in [1.165, 1.54) is 17.0 Å². The third-order valence-electron chi connectivity index (χ3n) is 5.34. The monoisotopic (exact) mass is 355 g/mol. The number of hydrogen-bond donors (Lipinski definition) is 0. The van der Waals surface area contributed by atoms with Crippen molar-refractivity contribution >= 4 is 52.3 Å². The molecular formula is C16H12Cl3NO2. The summed E-state index contributed by atoms with van der Waals surface area (Å²) in [5.74, 6) is -0.354. The van der Waals surface area contributed by atoms with Crippen LogP contribution in [0.2, 0.25) is 15.1 Å². The summed E-state index contributed by atoms with van der Waals surface area (Å²) < 4.78 is 0. The van der Waals surface area contributed by atoms with Crippen molar-refractivity contribution in [3.63, 3.8) is 0 Å². The minimum atomic E-state index is -0.658. The number of rotatable bonds is 1. The van der Waals surface area contributed by atoms with E-state index < -0.39 is 5.41 Å². The summed E-state index contributed by atoms with van der Waals surface area (Å²) in [5, 5.41) is 0.681. The van der Waals surface area contributed by atoms with Crippen LogP contribution in [0, 0.1) is 23.2 Å². The van der Waals surface area contributed by atoms with E-state index in [1.54, 1.807) is 0 Å². The van der Waals surface area contributed by atoms with E-state index >= 15 is 0 Å². The van der Waals surface area contributed by atoms with Gasteiger partial charge in [0, 0.05) is 0 Å². The second kappa shape index (κ2) is 4.50. The maximum absolute atomic E-state index is 13.0. The number of allylic oxidation sites excluding steroid dienone is 2. The summed E-state index contributed by atoms with van der Waals surface area (Å²) in [6.45, 7) is 1.89. The minimum Gasteiger partial charge on any atom is -0.274 e. The average molecular weight is 357 g/mol. The summed E-state index contributed by atoms with van der Waals surface area (Å²) in [6, 6.07) is 3.04. The molecule has 1 saturated carbocycles. The van der Waals surface area contributed by atoms with E-state index in [0.717, 1.165) is 6.42 Å². The molecule has 3 nitrogen and oxygen atoms in total. The van der Waals surface area contributed by atoms with Crippen molar-refractivity contribution in [3.8, 4) is 0 Å². The maximum Gasteiger partial charge on any atom is 0.241 e. The molecule has 22 heavy (non-hydrogen) atoms. The second-order valence-corrected chi connectivity index (χ2v) is 7.55. The molecule has 1 aromatic carbocycles. The van der Waals surface area contributed by atoms with Crippen LogP contribution in [0.4, 0.5) is 5.69 Å². The molecule has 3 aliphatic rings. The molecule has 2 bridgehead atoms. The standard InChI is InChI=1S/C16H12Cl3NO2/c1-16-8-3-2-7(4-8)12(16)14(21)20(15(16)22)9-5-10(17)13(19)11(18)6-9/h2-3,5-8,12H,4H2,1H3/t7-,8+,12+,16+/m0/s1. The highest BCUT2D eigenvalue weighted by atomic mass is 35.5. The van der Waals surface area contributed by atoms with Crippen molar-refractivity contribution in [2.75, 3.05) is 4.90 Å². The Labute approximate surface area is 142 Å². The van der Waals surface area contributed by atoms with Gasteiger partial charge >= 0.3 is 0 Å². The molecule has 0 spiro atoms. The van der Waals surface area contributed by atoms with Gasteiger partial charge in [-0.25, -0.2) is 4.90 Å². The van der Waals surface area contributed by atoms with Gasteiger partial charge in [-0.15, -0.1) is 0 Å². The maximum atomic E-state index is 13.0. The first kappa shape index (κ1) is 14.6. The second-order valence-electron chi connectivity index (χ2n) is 6.35. The van der Waals surface area contributed by atoms with Gasteiger partial charge in [-0.2, -0.15) is 0 Å². The molecule has 1 saturated heterocycles. The first-order chi connectivity index (χ1) is 10.4. The Morgan fingerprint density at radius 1 is 1.14 bits per heavy atom. The molecule has 4 atom stereocenters. The molecule has 2 aliphatic carbocycles. The van der Waals surface area contributed by atoms with E-state index in [4.69, 9.17) is 34.8 Å². The largest absolute Gasteiger partial charge is 0.274 e. The van der Waals surface area contributed by atoms with Gasteiger partial charge < -0.3 is 0 Å². The minimum absolute atomic E-state index is 0.127. The molecular weight excluding hydrogens is 345 g/mol. The predicted octanol–water partition coefficient (Wildman–Crippen LogP) is 4.35. The van der Waals surface area contributed by atoms with Crippen LogP contribution in [-0.4, -0.2) is 11.8 Å². The van der Waals surface area contributed by atoms with E-state index in [2.05, 4.69) is 12.2 Å². The van der Waals surface area contributed by atoms with Crippen molar-refractivity contribution < 1.29 is 9.59 Å². The Kier molecular flexibility index (Phi) is 2.98. The normalized spacial score (nSPS) is 35.6. The van der Waals surface area contributed by atoms with Gasteiger partial charge in [0.2, 0.25) is 11.8 Å². The van der Waals surface area contributed by atoms with E-state index in [0.29, 0.717) is 5.69 Å². The van der Waals surface area contributed by atoms with E-state index in [9.17, 15) is 9.59 Å². The Morgan fingerprint density at radius 3 is 2.36 bits per heavy atom. The molecule has 6 heteroatoms. The SMILES string of the molecule is C[C@]12C(=O)N(c3cc(Cl)c(Cl)c(Cl)c3)C(=O)[C@H]1[C@H]1C=C[C@@H]2C1. The topological polar surface area (TPSA) is 37.4 Å². The lowest BCUT2D eigenvalue weighted by Gasteiger charge is -2.28. The van der Waals surface area contributed by atoms with Gasteiger partial charge in [0.25, 0.3) is 0 Å². The van der Waals surface area contributed by atoms with E-state index in [1.807, 2.05) is 6.92 Å². The zero-order valence-electron chi connectivity index (χ0n) is 11.6. The molecule has 0 radical (unpaired) electrons. The highest BCUT2D eigenvalue weighted by Gasteiger charge is 2.67. The van der Waals surface area contributed by atoms with Crippen LogP contribution in [0.1, 0.15) is 13.3 Å². The van der Waals surface area contributed by atoms with Crippen LogP contribution in [-0.2, 0) is 9.59 Å². The highest BCUT2D eigenvalue weighted by Crippen LogP contribution is 2.61. The molecule has 1 heterocycles. The summed E-state index contributed by atoms with van der Waals surface area (Å²) >= 11 is 18.0. The fraction of sp³-hybridized carbons (Fsp3) is 0.375. The molecule has 114 valence electrons. The van der Waals surface area contributed by atoms with Gasteiger partial charge in [0.1, 0.15) is 0 Å². The molecule has 1 aliphatic heterocycles. The Bertz CT molecular complexity index is 737. The lowest BCUT2D eigenvalue weighted by Crippen LogP contribution is -2.37. The third-order valence-corrected chi connectivity index (χ3v) is 6.54. The predicted molar refractivity (Wildman–Crippen MR) is 86.3 cm³/mol. The summed E-state index contributed by atoms with van der Waals surface area (Å²) in [4.78, 5) is 27.0. The number of carbonyl (C=O) groups is 2. The number of halogens is 3. The molecule has 0 aromatic heterocycles. The Hall–Kier alpha value is -1.03. The van der Waals surface area contributed by atoms with Gasteiger partial charge in [0.15, 0.2) is 0 Å². The molecule has 2 fully saturated rings. The van der Waals surface area contributed by atoms with Gasteiger partial charge in [0.05, 0.1) is 32.1 Å². The van der Waals surface area contributed by atoms with Crippen molar-refractivity contribution in [1.29, 1.82) is 0 Å². The number of anilines is 1. The van der Waals surface area contributed by atoms with Crippen molar-refractivity contribution in [2.24, 2.45) is 23.2 Å². The molecule has 4 rings (SSSR count). The van der Waals surface area contributed by atoms with Crippen LogP contribution < -0.4 is 4.90 Å². The number of carbonyl (C=O) groups excluding carboxylic acids is 2. The lowest BCUT2D eigenvalue weighted by molar-refractivity contribution is -0.127. The van der Waals surface area contributed by atoms with Crippen LogP contribution in [0.5, 0.6) is 0 Å². The average Bonchev–Trinajstić information content (AvgIpc) is 3.09. The van der Waals surface area contributed by atoms with Crippen LogP contribution in [0.25, 0.3) is 0 Å². The van der Waals surface area contributed by atoms with Crippen molar-refractivity contribution in [2.45, 2.75) is 13.3 Å². The summed E-state index contributed by atoms with van der Waals surface area (Å²) in [7, 11) is 0. The first-order valence-electron chi connectivity index (χ1n) is 7.07. The van der Waals surface area contributed by atoms with Crippen molar-refractivity contribution in [3.05, 3.63) is 39.4 Å². The quantitative estimate of drug-likeness (QED) is 0.426. The van der Waals surface area contributed by atoms with Gasteiger partial charge in [-0.3, -0.25) is 9.59 Å². The molecule has 0 N–H and O–H groups in total. The van der Waals surface area contributed by atoms with Gasteiger partial charge in [-0.1, -0.05) is 47.0 Å². The van der Waals surface area contributed by atoms with E-state index in [-0.39, 0.29) is 44.6 Å². The number of benzene rings is 1. The third kappa shape index (κ3) is 1.60. The first-order valence-corrected chi connectivity index (χ1v) is 8.20. The summed E-state index contributed by atoms with van der Waals surface area (Å²) in [6.07, 6.45) is 5.01. The highest BCUT2D eigenvalue weighted by molar-refractivity contribution is 6.48. The molecule has 0 unspecified atom stereocenters. The Morgan fingerprint density at radius 2 is 1.77 bits per heavy atom. The van der Waals surface area contributed by atoms with Crippen LogP contribution in [0.15, 0.2) is 24.3 Å². The Balaban J connectivity index is 1.83. The van der Waals surface area contributed by atoms with Crippen LogP contribution in [0.3, 0.4) is 0 Å². The fourth-order valence-electron chi connectivity index (χ4n) is 4.22. The number of fused-ring (bicyclic) bond motifs is 5. The zero-order chi connectivity index (χ0) is 15.8.